The Balaban J connectivity index is 1.21. The molecule has 9 heteroatoms. The summed E-state index contributed by atoms with van der Waals surface area (Å²) in [6.07, 6.45) is 6.17. The SMILES string of the molecule is O=C(O)OC1CCCN(CCC2CN(C3CCN(c4ccncc4)CC3)C(=O)O2)C1. The zero-order valence-electron chi connectivity index (χ0n) is 17.2. The van der Waals surface area contributed by atoms with Gasteiger partial charge in [0, 0.05) is 50.3 Å². The predicted octanol–water partition coefficient (Wildman–Crippen LogP) is 2.42. The van der Waals surface area contributed by atoms with Crippen LogP contribution < -0.4 is 4.90 Å². The number of ether oxygens (including phenoxy) is 2. The fraction of sp³-hybridized carbons (Fsp3) is 0.667. The summed E-state index contributed by atoms with van der Waals surface area (Å²) in [5.74, 6) is 0. The Morgan fingerprint density at radius 2 is 1.93 bits per heavy atom. The van der Waals surface area contributed by atoms with Gasteiger partial charge < -0.3 is 24.4 Å². The van der Waals surface area contributed by atoms with Crippen molar-refractivity contribution in [2.75, 3.05) is 44.2 Å². The highest BCUT2D eigenvalue weighted by Crippen LogP contribution is 2.26. The van der Waals surface area contributed by atoms with E-state index < -0.39 is 6.16 Å². The lowest BCUT2D eigenvalue weighted by atomic mass is 10.0. The van der Waals surface area contributed by atoms with Gasteiger partial charge in [0.2, 0.25) is 0 Å². The molecule has 4 rings (SSSR count). The van der Waals surface area contributed by atoms with Gasteiger partial charge in [-0.1, -0.05) is 0 Å². The number of hydrogen-bond donors (Lipinski definition) is 1. The quantitative estimate of drug-likeness (QED) is 0.704. The molecule has 3 fully saturated rings. The fourth-order valence-electron chi connectivity index (χ4n) is 4.76. The van der Waals surface area contributed by atoms with Gasteiger partial charge in [-0.3, -0.25) is 9.88 Å². The van der Waals surface area contributed by atoms with Crippen molar-refractivity contribution in [3.63, 3.8) is 0 Å². The van der Waals surface area contributed by atoms with Gasteiger partial charge in [0.05, 0.1) is 6.54 Å². The van der Waals surface area contributed by atoms with E-state index in [9.17, 15) is 9.59 Å². The molecule has 1 aromatic rings. The van der Waals surface area contributed by atoms with Crippen LogP contribution in [-0.4, -0.2) is 89.7 Å². The van der Waals surface area contributed by atoms with Crippen LogP contribution in [0.25, 0.3) is 0 Å². The fourth-order valence-corrected chi connectivity index (χ4v) is 4.76. The third-order valence-electron chi connectivity index (χ3n) is 6.33. The van der Waals surface area contributed by atoms with E-state index in [2.05, 4.69) is 14.8 Å². The molecule has 1 amide bonds. The molecule has 0 spiro atoms. The molecule has 30 heavy (non-hydrogen) atoms. The van der Waals surface area contributed by atoms with Crippen molar-refractivity contribution in [2.24, 2.45) is 0 Å². The van der Waals surface area contributed by atoms with Crippen LogP contribution in [0.3, 0.4) is 0 Å². The number of rotatable bonds is 6. The summed E-state index contributed by atoms with van der Waals surface area (Å²) in [6.45, 7) is 4.80. The number of carbonyl (C=O) groups excluding carboxylic acids is 1. The molecular formula is C21H30N4O5. The zero-order chi connectivity index (χ0) is 20.9. The highest BCUT2D eigenvalue weighted by molar-refractivity contribution is 5.70. The topological polar surface area (TPSA) is 95.4 Å². The molecule has 0 aliphatic carbocycles. The van der Waals surface area contributed by atoms with Crippen molar-refractivity contribution in [3.8, 4) is 0 Å². The summed E-state index contributed by atoms with van der Waals surface area (Å²) in [4.78, 5) is 33.7. The van der Waals surface area contributed by atoms with E-state index in [4.69, 9.17) is 14.6 Å². The van der Waals surface area contributed by atoms with Crippen LogP contribution in [0, 0.1) is 0 Å². The number of nitrogens with zero attached hydrogens (tertiary/aromatic N) is 4. The van der Waals surface area contributed by atoms with Crippen molar-refractivity contribution < 1.29 is 24.2 Å². The van der Waals surface area contributed by atoms with Crippen molar-refractivity contribution >= 4 is 17.9 Å². The molecule has 0 saturated carbocycles. The van der Waals surface area contributed by atoms with Gasteiger partial charge in [0.15, 0.2) is 0 Å². The van der Waals surface area contributed by atoms with Crippen LogP contribution in [0.1, 0.15) is 32.1 Å². The van der Waals surface area contributed by atoms with Crippen molar-refractivity contribution in [3.05, 3.63) is 24.5 Å². The number of anilines is 1. The number of amides is 1. The molecule has 0 radical (unpaired) electrons. The molecule has 3 aliphatic rings. The number of carboxylic acid groups (broad SMARTS) is 1. The third kappa shape index (κ3) is 5.13. The Hall–Kier alpha value is -2.55. The Kier molecular flexibility index (Phi) is 6.56. The van der Waals surface area contributed by atoms with Crippen LogP contribution >= 0.6 is 0 Å². The molecule has 3 saturated heterocycles. The van der Waals surface area contributed by atoms with E-state index in [0.29, 0.717) is 13.1 Å². The van der Waals surface area contributed by atoms with E-state index in [0.717, 1.165) is 58.3 Å². The Bertz CT molecular complexity index is 725. The largest absolute Gasteiger partial charge is 0.506 e. The second kappa shape index (κ2) is 9.51. The molecule has 3 aliphatic heterocycles. The monoisotopic (exact) mass is 418 g/mol. The molecule has 1 aromatic heterocycles. The first-order valence-corrected chi connectivity index (χ1v) is 10.8. The number of cyclic esters (lactones) is 1. The maximum Gasteiger partial charge on any atom is 0.506 e. The summed E-state index contributed by atoms with van der Waals surface area (Å²) in [6, 6.07) is 4.27. The van der Waals surface area contributed by atoms with Gasteiger partial charge in [-0.2, -0.15) is 0 Å². The van der Waals surface area contributed by atoms with Gasteiger partial charge in [-0.05, 0) is 50.8 Å². The average molecular weight is 418 g/mol. The molecule has 1 N–H and O–H groups in total. The number of aromatic nitrogens is 1. The second-order valence-corrected chi connectivity index (χ2v) is 8.32. The van der Waals surface area contributed by atoms with E-state index >= 15 is 0 Å². The number of carbonyl (C=O) groups is 2. The summed E-state index contributed by atoms with van der Waals surface area (Å²) in [7, 11) is 0. The van der Waals surface area contributed by atoms with Gasteiger partial charge in [-0.15, -0.1) is 0 Å². The van der Waals surface area contributed by atoms with Crippen LogP contribution in [0.5, 0.6) is 0 Å². The standard InChI is InChI=1S/C21H30N4O5/c26-20-25(17-5-12-24(13-6-17)16-3-8-22-9-4-16)15-19(29-20)7-11-23-10-1-2-18(14-23)30-21(27)28/h3-4,8-9,17-19H,1-2,5-7,10-15H2,(H,27,28). The van der Waals surface area contributed by atoms with Crippen molar-refractivity contribution in [1.29, 1.82) is 0 Å². The van der Waals surface area contributed by atoms with E-state index in [1.54, 1.807) is 0 Å². The minimum absolute atomic E-state index is 0.100. The maximum atomic E-state index is 12.4. The summed E-state index contributed by atoms with van der Waals surface area (Å²) in [5, 5.41) is 8.81. The van der Waals surface area contributed by atoms with Gasteiger partial charge in [0.25, 0.3) is 0 Å². The molecule has 2 unspecified atom stereocenters. The highest BCUT2D eigenvalue weighted by atomic mass is 16.7. The van der Waals surface area contributed by atoms with Crippen LogP contribution in [0.15, 0.2) is 24.5 Å². The van der Waals surface area contributed by atoms with Crippen molar-refractivity contribution in [1.82, 2.24) is 14.8 Å². The van der Waals surface area contributed by atoms with Gasteiger partial charge in [-0.25, -0.2) is 9.59 Å². The number of likely N-dealkylation sites (tertiary alicyclic amines) is 1. The lowest BCUT2D eigenvalue weighted by molar-refractivity contribution is 0.0108. The molecule has 0 aromatic carbocycles. The minimum atomic E-state index is -1.21. The third-order valence-corrected chi connectivity index (χ3v) is 6.33. The lowest BCUT2D eigenvalue weighted by Crippen LogP contribution is -2.45. The predicted molar refractivity (Wildman–Crippen MR) is 110 cm³/mol. The molecular weight excluding hydrogens is 388 g/mol. The minimum Gasteiger partial charge on any atom is -0.450 e. The summed E-state index contributed by atoms with van der Waals surface area (Å²) >= 11 is 0. The first kappa shape index (κ1) is 20.7. The van der Waals surface area contributed by atoms with Gasteiger partial charge in [0.1, 0.15) is 12.2 Å². The number of piperidine rings is 2. The van der Waals surface area contributed by atoms with Gasteiger partial charge >= 0.3 is 12.2 Å². The first-order chi connectivity index (χ1) is 14.6. The molecule has 4 heterocycles. The van der Waals surface area contributed by atoms with E-state index in [1.807, 2.05) is 29.4 Å². The Labute approximate surface area is 176 Å². The normalized spacial score (nSPS) is 25.9. The van der Waals surface area contributed by atoms with Crippen LogP contribution in [0.4, 0.5) is 15.3 Å². The highest BCUT2D eigenvalue weighted by Gasteiger charge is 2.37. The molecule has 2 atom stereocenters. The van der Waals surface area contributed by atoms with Crippen LogP contribution in [0.2, 0.25) is 0 Å². The number of hydrogen-bond acceptors (Lipinski definition) is 7. The number of pyridine rings is 1. The van der Waals surface area contributed by atoms with Crippen molar-refractivity contribution in [2.45, 2.75) is 50.4 Å². The maximum absolute atomic E-state index is 12.4. The summed E-state index contributed by atoms with van der Waals surface area (Å²) in [5.41, 5.74) is 1.18. The molecule has 0 bridgehead atoms. The smallest absolute Gasteiger partial charge is 0.450 e. The molecule has 9 nitrogen and oxygen atoms in total. The molecule has 164 valence electrons. The summed E-state index contributed by atoms with van der Waals surface area (Å²) < 4.78 is 10.6. The average Bonchev–Trinajstić information content (AvgIpc) is 3.13. The van der Waals surface area contributed by atoms with Crippen LogP contribution in [-0.2, 0) is 9.47 Å². The zero-order valence-corrected chi connectivity index (χ0v) is 17.2. The Morgan fingerprint density at radius 3 is 2.67 bits per heavy atom. The van der Waals surface area contributed by atoms with E-state index in [1.165, 1.54) is 5.69 Å². The second-order valence-electron chi connectivity index (χ2n) is 8.32. The Morgan fingerprint density at radius 1 is 1.17 bits per heavy atom. The first-order valence-electron chi connectivity index (χ1n) is 10.8. The van der Waals surface area contributed by atoms with E-state index in [-0.39, 0.29) is 24.3 Å². The lowest BCUT2D eigenvalue weighted by Gasteiger charge is -2.36.